The molecule has 0 saturated heterocycles. The maximum Gasteiger partial charge on any atom is 0.257 e. The van der Waals surface area contributed by atoms with Crippen LogP contribution in [0.15, 0.2) is 58.5 Å². The van der Waals surface area contributed by atoms with Crippen LogP contribution in [0.5, 0.6) is 0 Å². The molecule has 2 heterocycles. The molecule has 3 aromatic rings. The molecule has 0 aliphatic carbocycles. The molecule has 1 atom stereocenters. The summed E-state index contributed by atoms with van der Waals surface area (Å²) >= 11 is 7.46. The van der Waals surface area contributed by atoms with Gasteiger partial charge in [0.2, 0.25) is 11.8 Å². The second-order valence-electron chi connectivity index (χ2n) is 7.17. The van der Waals surface area contributed by atoms with Gasteiger partial charge in [-0.25, -0.2) is 4.98 Å². The molecule has 1 aromatic heterocycles. The standard InChI is InChI=1S/C22H19ClN4O3S/c1-12-6-8-14(9-7-12)24-20(29)15-10-17(28)25-19-18(15)21(30)27-22(26-19)31-11-13-4-2-3-5-16(13)23/h2-9,15H,10-11H2,1H3,(H,24,29)(H2,25,26,27,28,30)/t15-/m1/s1. The maximum atomic E-state index is 12.9. The third kappa shape index (κ3) is 4.81. The van der Waals surface area contributed by atoms with Crippen molar-refractivity contribution >= 4 is 46.7 Å². The Morgan fingerprint density at radius 3 is 2.68 bits per heavy atom. The third-order valence-corrected chi connectivity index (χ3v) is 6.18. The second-order valence-corrected chi connectivity index (χ2v) is 8.54. The number of nitrogens with one attached hydrogen (secondary N) is 3. The van der Waals surface area contributed by atoms with E-state index in [1.165, 1.54) is 11.8 Å². The zero-order valence-electron chi connectivity index (χ0n) is 16.6. The topological polar surface area (TPSA) is 104 Å². The first-order chi connectivity index (χ1) is 14.9. The highest BCUT2D eigenvalue weighted by Crippen LogP contribution is 2.31. The number of halogens is 1. The van der Waals surface area contributed by atoms with Crippen molar-refractivity contribution in [1.29, 1.82) is 0 Å². The normalized spacial score (nSPS) is 15.2. The average Bonchev–Trinajstić information content (AvgIpc) is 2.74. The second kappa shape index (κ2) is 8.95. The molecule has 0 saturated carbocycles. The number of rotatable bonds is 5. The number of carbonyl (C=O) groups is 2. The summed E-state index contributed by atoms with van der Waals surface area (Å²) in [6.45, 7) is 1.94. The van der Waals surface area contributed by atoms with E-state index in [0.29, 0.717) is 21.6 Å². The van der Waals surface area contributed by atoms with Crippen LogP contribution in [0.4, 0.5) is 11.5 Å². The summed E-state index contributed by atoms with van der Waals surface area (Å²) < 4.78 is 0. The number of aromatic nitrogens is 2. The van der Waals surface area contributed by atoms with Crippen molar-refractivity contribution in [3.8, 4) is 0 Å². The summed E-state index contributed by atoms with van der Waals surface area (Å²) in [5.41, 5.74) is 2.26. The Balaban J connectivity index is 1.58. The van der Waals surface area contributed by atoms with E-state index >= 15 is 0 Å². The quantitative estimate of drug-likeness (QED) is 0.398. The van der Waals surface area contributed by atoms with Gasteiger partial charge < -0.3 is 15.6 Å². The number of benzene rings is 2. The van der Waals surface area contributed by atoms with Gasteiger partial charge in [0.25, 0.3) is 5.56 Å². The molecular weight excluding hydrogens is 436 g/mol. The highest BCUT2D eigenvalue weighted by Gasteiger charge is 2.34. The zero-order valence-corrected chi connectivity index (χ0v) is 18.1. The number of nitrogens with zero attached hydrogens (tertiary/aromatic N) is 1. The number of hydrogen-bond acceptors (Lipinski definition) is 5. The van der Waals surface area contributed by atoms with Crippen molar-refractivity contribution < 1.29 is 9.59 Å². The van der Waals surface area contributed by atoms with Gasteiger partial charge >= 0.3 is 0 Å². The Morgan fingerprint density at radius 2 is 1.94 bits per heavy atom. The molecule has 0 fully saturated rings. The molecule has 2 aromatic carbocycles. The number of thioether (sulfide) groups is 1. The predicted octanol–water partition coefficient (Wildman–Crippen LogP) is 4.09. The molecule has 1 aliphatic rings. The summed E-state index contributed by atoms with van der Waals surface area (Å²) in [5, 5.41) is 6.35. The van der Waals surface area contributed by atoms with Crippen LogP contribution >= 0.6 is 23.4 Å². The molecule has 0 bridgehead atoms. The van der Waals surface area contributed by atoms with Crippen molar-refractivity contribution in [3.05, 3.63) is 80.6 Å². The third-order valence-electron chi connectivity index (χ3n) is 4.89. The lowest BCUT2D eigenvalue weighted by molar-refractivity contribution is -0.123. The van der Waals surface area contributed by atoms with Gasteiger partial charge in [-0.3, -0.25) is 14.4 Å². The van der Waals surface area contributed by atoms with Gasteiger partial charge in [-0.15, -0.1) is 0 Å². The number of amides is 2. The van der Waals surface area contributed by atoms with Gasteiger partial charge in [0.05, 0.1) is 11.5 Å². The molecule has 0 spiro atoms. The first-order valence-corrected chi connectivity index (χ1v) is 10.9. The van der Waals surface area contributed by atoms with Gasteiger partial charge in [0.15, 0.2) is 5.16 Å². The van der Waals surface area contributed by atoms with Crippen LogP contribution in [0.25, 0.3) is 0 Å². The minimum absolute atomic E-state index is 0.116. The first-order valence-electron chi connectivity index (χ1n) is 9.58. The van der Waals surface area contributed by atoms with E-state index in [9.17, 15) is 14.4 Å². The number of aryl methyl sites for hydroxylation is 1. The van der Waals surface area contributed by atoms with Crippen LogP contribution < -0.4 is 16.2 Å². The number of aromatic amines is 1. The Labute approximate surface area is 187 Å². The summed E-state index contributed by atoms with van der Waals surface area (Å²) in [6.07, 6.45) is -0.123. The Hall–Kier alpha value is -3.10. The van der Waals surface area contributed by atoms with E-state index in [2.05, 4.69) is 20.6 Å². The highest BCUT2D eigenvalue weighted by molar-refractivity contribution is 7.98. The molecule has 3 N–H and O–H groups in total. The summed E-state index contributed by atoms with van der Waals surface area (Å²) in [5.74, 6) is -1.11. The van der Waals surface area contributed by atoms with Crippen LogP contribution in [0, 0.1) is 6.92 Å². The van der Waals surface area contributed by atoms with Crippen molar-refractivity contribution in [3.63, 3.8) is 0 Å². The van der Waals surface area contributed by atoms with E-state index in [-0.39, 0.29) is 23.7 Å². The van der Waals surface area contributed by atoms with Gasteiger partial charge in [0, 0.05) is 22.9 Å². The van der Waals surface area contributed by atoms with E-state index < -0.39 is 17.4 Å². The first kappa shape index (κ1) is 21.1. The molecule has 0 unspecified atom stereocenters. The minimum atomic E-state index is -0.927. The van der Waals surface area contributed by atoms with Gasteiger partial charge in [0.1, 0.15) is 5.82 Å². The maximum absolute atomic E-state index is 12.9. The number of carbonyl (C=O) groups excluding carboxylic acids is 2. The van der Waals surface area contributed by atoms with Crippen LogP contribution in [0.1, 0.15) is 29.0 Å². The monoisotopic (exact) mass is 454 g/mol. The van der Waals surface area contributed by atoms with Gasteiger partial charge in [-0.2, -0.15) is 0 Å². The van der Waals surface area contributed by atoms with Crippen molar-refractivity contribution in [2.24, 2.45) is 0 Å². The number of anilines is 2. The summed E-state index contributed by atoms with van der Waals surface area (Å²) in [6, 6.07) is 14.7. The van der Waals surface area contributed by atoms with E-state index in [4.69, 9.17) is 11.6 Å². The Kier molecular flexibility index (Phi) is 6.11. The molecule has 31 heavy (non-hydrogen) atoms. The van der Waals surface area contributed by atoms with Gasteiger partial charge in [-0.05, 0) is 30.7 Å². The number of H-pyrrole nitrogens is 1. The average molecular weight is 455 g/mol. The number of fused-ring (bicyclic) bond motifs is 1. The SMILES string of the molecule is Cc1ccc(NC(=O)[C@@H]2CC(=O)Nc3nc(SCc4ccccc4Cl)[nH]c(=O)c32)cc1. The van der Waals surface area contributed by atoms with Crippen molar-refractivity contribution in [1.82, 2.24) is 9.97 Å². The zero-order chi connectivity index (χ0) is 22.0. The lowest BCUT2D eigenvalue weighted by Gasteiger charge is -2.23. The smallest absolute Gasteiger partial charge is 0.257 e. The largest absolute Gasteiger partial charge is 0.326 e. The van der Waals surface area contributed by atoms with Crippen LogP contribution in [-0.4, -0.2) is 21.8 Å². The van der Waals surface area contributed by atoms with Crippen molar-refractivity contribution in [2.45, 2.75) is 30.2 Å². The van der Waals surface area contributed by atoms with Crippen LogP contribution in [0.2, 0.25) is 5.02 Å². The molecule has 0 radical (unpaired) electrons. The lowest BCUT2D eigenvalue weighted by Crippen LogP contribution is -2.36. The Morgan fingerprint density at radius 1 is 1.19 bits per heavy atom. The molecule has 1 aliphatic heterocycles. The van der Waals surface area contributed by atoms with Gasteiger partial charge in [-0.1, -0.05) is 59.3 Å². The fourth-order valence-corrected chi connectivity index (χ4v) is 4.42. The van der Waals surface area contributed by atoms with E-state index in [0.717, 1.165) is 11.1 Å². The van der Waals surface area contributed by atoms with E-state index in [1.54, 1.807) is 18.2 Å². The lowest BCUT2D eigenvalue weighted by atomic mass is 9.92. The van der Waals surface area contributed by atoms with Crippen molar-refractivity contribution in [2.75, 3.05) is 10.6 Å². The molecule has 7 nitrogen and oxygen atoms in total. The number of hydrogen-bond donors (Lipinski definition) is 3. The highest BCUT2D eigenvalue weighted by atomic mass is 35.5. The molecule has 9 heteroatoms. The minimum Gasteiger partial charge on any atom is -0.326 e. The molecule has 158 valence electrons. The molecule has 2 amide bonds. The molecular formula is C22H19ClN4O3S. The predicted molar refractivity (Wildman–Crippen MR) is 122 cm³/mol. The molecule has 4 rings (SSSR count). The Bertz CT molecular complexity index is 1210. The fraction of sp³-hybridized carbons (Fsp3) is 0.182. The summed E-state index contributed by atoms with van der Waals surface area (Å²) in [7, 11) is 0. The van der Waals surface area contributed by atoms with Crippen LogP contribution in [0.3, 0.4) is 0 Å². The van der Waals surface area contributed by atoms with Crippen LogP contribution in [-0.2, 0) is 15.3 Å². The fourth-order valence-electron chi connectivity index (χ4n) is 3.27. The van der Waals surface area contributed by atoms with E-state index in [1.807, 2.05) is 37.3 Å². The summed E-state index contributed by atoms with van der Waals surface area (Å²) in [4.78, 5) is 45.0.